The van der Waals surface area contributed by atoms with Crippen LogP contribution in [0.1, 0.15) is 13.3 Å². The maximum Gasteiger partial charge on any atom is 0.303 e. The van der Waals surface area contributed by atoms with Gasteiger partial charge in [-0.1, -0.05) is 5.11 Å². The van der Waals surface area contributed by atoms with Crippen molar-refractivity contribution in [2.45, 2.75) is 37.9 Å². The Morgan fingerprint density at radius 1 is 1.71 bits per heavy atom. The average molecular weight is 245 g/mol. The lowest BCUT2D eigenvalue weighted by Gasteiger charge is -2.37. The van der Waals surface area contributed by atoms with E-state index in [4.69, 9.17) is 24.8 Å². The summed E-state index contributed by atoms with van der Waals surface area (Å²) >= 11 is 0. The van der Waals surface area contributed by atoms with Crippen LogP contribution in [0.25, 0.3) is 10.4 Å². The highest BCUT2D eigenvalue weighted by Gasteiger charge is 2.40. The normalized spacial score (nSPS) is 32.6. The van der Waals surface area contributed by atoms with Gasteiger partial charge in [0.1, 0.15) is 0 Å². The van der Waals surface area contributed by atoms with E-state index in [-0.39, 0.29) is 13.0 Å². The van der Waals surface area contributed by atoms with Gasteiger partial charge in [0.05, 0.1) is 18.8 Å². The molecule has 1 rings (SSSR count). The predicted molar refractivity (Wildman–Crippen MR) is 55.9 cm³/mol. The number of hydrogen-bond acceptors (Lipinski definition) is 6. The zero-order valence-corrected chi connectivity index (χ0v) is 9.65. The molecule has 0 bridgehead atoms. The molecule has 0 unspecified atom stereocenters. The molecule has 8 heteroatoms. The topological polar surface area (TPSA) is 114 Å². The van der Waals surface area contributed by atoms with Crippen LogP contribution in [-0.2, 0) is 19.0 Å². The van der Waals surface area contributed by atoms with Gasteiger partial charge in [0.2, 0.25) is 0 Å². The van der Waals surface area contributed by atoms with Crippen molar-refractivity contribution in [3.63, 3.8) is 0 Å². The van der Waals surface area contributed by atoms with Gasteiger partial charge >= 0.3 is 5.97 Å². The zero-order valence-electron chi connectivity index (χ0n) is 9.65. The molecule has 1 N–H and O–H groups in total. The SMILES string of the molecule is CO[C@@H]1O[C@H](CO)C[C@H](N=[N+]=[N-])[C@H]1OC(C)=O. The molecule has 0 aromatic carbocycles. The number of hydrogen-bond donors (Lipinski definition) is 1. The summed E-state index contributed by atoms with van der Waals surface area (Å²) in [5.74, 6) is -0.513. The monoisotopic (exact) mass is 245 g/mol. The van der Waals surface area contributed by atoms with Gasteiger partial charge < -0.3 is 19.3 Å². The Kier molecular flexibility index (Phi) is 5.17. The molecule has 0 aliphatic carbocycles. The molecule has 0 amide bonds. The molecule has 0 radical (unpaired) electrons. The molecule has 0 aromatic heterocycles. The summed E-state index contributed by atoms with van der Waals surface area (Å²) in [6.45, 7) is 1.03. The highest BCUT2D eigenvalue weighted by molar-refractivity contribution is 5.66. The van der Waals surface area contributed by atoms with Gasteiger partial charge in [0.25, 0.3) is 0 Å². The van der Waals surface area contributed by atoms with Gasteiger partial charge in [-0.05, 0) is 12.0 Å². The maximum absolute atomic E-state index is 11.0. The summed E-state index contributed by atoms with van der Waals surface area (Å²) in [7, 11) is 1.38. The molecule has 96 valence electrons. The molecule has 1 heterocycles. The molecule has 0 aromatic rings. The first-order chi connectivity index (χ1) is 8.12. The maximum atomic E-state index is 11.0. The third kappa shape index (κ3) is 3.57. The van der Waals surface area contributed by atoms with E-state index in [1.54, 1.807) is 0 Å². The molecule has 1 fully saturated rings. The fraction of sp³-hybridized carbons (Fsp3) is 0.889. The van der Waals surface area contributed by atoms with Gasteiger partial charge in [-0.3, -0.25) is 4.79 Å². The van der Waals surface area contributed by atoms with Crippen molar-refractivity contribution < 1.29 is 24.1 Å². The lowest BCUT2D eigenvalue weighted by Crippen LogP contribution is -2.51. The molecule has 1 saturated heterocycles. The fourth-order valence-electron chi connectivity index (χ4n) is 1.72. The minimum absolute atomic E-state index is 0.218. The number of aliphatic hydroxyl groups excluding tert-OH is 1. The van der Waals surface area contributed by atoms with Crippen molar-refractivity contribution in [1.82, 2.24) is 0 Å². The molecule has 17 heavy (non-hydrogen) atoms. The second-order valence-corrected chi connectivity index (χ2v) is 3.63. The summed E-state index contributed by atoms with van der Waals surface area (Å²) in [5, 5.41) is 12.6. The number of esters is 1. The number of carbonyl (C=O) groups is 1. The number of azide groups is 1. The Bertz CT molecular complexity index is 318. The van der Waals surface area contributed by atoms with E-state index in [1.807, 2.05) is 0 Å². The molecule has 0 spiro atoms. The van der Waals surface area contributed by atoms with Crippen molar-refractivity contribution in [2.75, 3.05) is 13.7 Å². The molecule has 1 aliphatic heterocycles. The molecule has 0 saturated carbocycles. The third-order valence-corrected chi connectivity index (χ3v) is 2.42. The number of carbonyl (C=O) groups excluding carboxylic acids is 1. The van der Waals surface area contributed by atoms with Crippen LogP contribution in [0, 0.1) is 0 Å². The molecule has 1 aliphatic rings. The Morgan fingerprint density at radius 3 is 2.88 bits per heavy atom. The predicted octanol–water partition coefficient (Wildman–Crippen LogP) is 0.351. The average Bonchev–Trinajstić information content (AvgIpc) is 2.30. The van der Waals surface area contributed by atoms with Crippen molar-refractivity contribution in [2.24, 2.45) is 5.11 Å². The molecule has 4 atom stereocenters. The zero-order chi connectivity index (χ0) is 12.8. The van der Waals surface area contributed by atoms with Crippen molar-refractivity contribution in [1.29, 1.82) is 0 Å². The second-order valence-electron chi connectivity index (χ2n) is 3.63. The van der Waals surface area contributed by atoms with Crippen LogP contribution in [0.5, 0.6) is 0 Å². The molecular weight excluding hydrogens is 230 g/mol. The lowest BCUT2D eigenvalue weighted by molar-refractivity contribution is -0.247. The van der Waals surface area contributed by atoms with E-state index in [9.17, 15) is 4.79 Å². The Hall–Kier alpha value is -1.34. The van der Waals surface area contributed by atoms with Gasteiger partial charge in [-0.2, -0.15) is 0 Å². The standard InChI is InChI=1S/C9H15N3O5/c1-5(14)16-8-7(11-12-10)3-6(4-13)17-9(8)15-2/h6-9,13H,3-4H2,1-2H3/t6-,7-,8+,9+/m0/s1. The van der Waals surface area contributed by atoms with Crippen LogP contribution in [0.15, 0.2) is 5.11 Å². The third-order valence-electron chi connectivity index (χ3n) is 2.42. The largest absolute Gasteiger partial charge is 0.457 e. The smallest absolute Gasteiger partial charge is 0.303 e. The van der Waals surface area contributed by atoms with E-state index in [0.29, 0.717) is 0 Å². The van der Waals surface area contributed by atoms with Gasteiger partial charge in [0.15, 0.2) is 12.4 Å². The van der Waals surface area contributed by atoms with Crippen LogP contribution in [0.3, 0.4) is 0 Å². The van der Waals surface area contributed by atoms with Gasteiger partial charge in [-0.25, -0.2) is 0 Å². The summed E-state index contributed by atoms with van der Waals surface area (Å²) in [6.07, 6.45) is -1.86. The van der Waals surface area contributed by atoms with Gasteiger partial charge in [0, 0.05) is 18.9 Å². The molecule has 8 nitrogen and oxygen atoms in total. The van der Waals surface area contributed by atoms with Crippen molar-refractivity contribution >= 4 is 5.97 Å². The first kappa shape index (κ1) is 13.7. The molecular formula is C9H15N3O5. The van der Waals surface area contributed by atoms with Crippen LogP contribution in [-0.4, -0.2) is 49.3 Å². The van der Waals surface area contributed by atoms with Crippen LogP contribution in [0.4, 0.5) is 0 Å². The lowest BCUT2D eigenvalue weighted by atomic mass is 10.0. The second kappa shape index (κ2) is 6.41. The fourth-order valence-corrected chi connectivity index (χ4v) is 1.72. The van der Waals surface area contributed by atoms with E-state index < -0.39 is 30.5 Å². The Labute approximate surface area is 98.1 Å². The Balaban J connectivity index is 2.85. The van der Waals surface area contributed by atoms with Crippen molar-refractivity contribution in [3.05, 3.63) is 10.4 Å². The summed E-state index contributed by atoms with van der Waals surface area (Å²) < 4.78 is 15.4. The van der Waals surface area contributed by atoms with E-state index in [0.717, 1.165) is 0 Å². The number of aliphatic hydroxyl groups is 1. The minimum Gasteiger partial charge on any atom is -0.457 e. The Morgan fingerprint density at radius 2 is 2.41 bits per heavy atom. The van der Waals surface area contributed by atoms with Crippen molar-refractivity contribution in [3.8, 4) is 0 Å². The highest BCUT2D eigenvalue weighted by Crippen LogP contribution is 2.25. The number of rotatable bonds is 4. The number of methoxy groups -OCH3 is 1. The van der Waals surface area contributed by atoms with Crippen LogP contribution >= 0.6 is 0 Å². The first-order valence-electron chi connectivity index (χ1n) is 5.13. The minimum atomic E-state index is -0.847. The quantitative estimate of drug-likeness (QED) is 0.332. The first-order valence-corrected chi connectivity index (χ1v) is 5.13. The van der Waals surface area contributed by atoms with E-state index in [1.165, 1.54) is 14.0 Å². The van der Waals surface area contributed by atoms with Gasteiger partial charge in [-0.15, -0.1) is 0 Å². The summed E-state index contributed by atoms with van der Waals surface area (Å²) in [4.78, 5) is 13.7. The van der Waals surface area contributed by atoms with E-state index >= 15 is 0 Å². The number of ether oxygens (including phenoxy) is 3. The number of nitrogens with zero attached hydrogens (tertiary/aromatic N) is 3. The highest BCUT2D eigenvalue weighted by atomic mass is 16.7. The van der Waals surface area contributed by atoms with E-state index in [2.05, 4.69) is 10.0 Å². The van der Waals surface area contributed by atoms with Crippen LogP contribution < -0.4 is 0 Å². The van der Waals surface area contributed by atoms with Crippen LogP contribution in [0.2, 0.25) is 0 Å². The summed E-state index contributed by atoms with van der Waals surface area (Å²) in [5.41, 5.74) is 8.46. The summed E-state index contributed by atoms with van der Waals surface area (Å²) in [6, 6.07) is -0.611.